The predicted molar refractivity (Wildman–Crippen MR) is 55.6 cm³/mol. The molecule has 1 saturated carbocycles. The zero-order chi connectivity index (χ0) is 10.2. The zero-order valence-corrected chi connectivity index (χ0v) is 9.39. The van der Waals surface area contributed by atoms with Gasteiger partial charge in [0.05, 0.1) is 6.26 Å². The van der Waals surface area contributed by atoms with Gasteiger partial charge in [0.2, 0.25) is 10.0 Å². The van der Waals surface area contributed by atoms with Crippen LogP contribution in [0, 0.1) is 0 Å². The number of nitrogens with one attached hydrogen (secondary N) is 1. The number of hydrogen-bond donors (Lipinski definition) is 1. The molecule has 1 aliphatic carbocycles. The summed E-state index contributed by atoms with van der Waals surface area (Å²) in [6, 6.07) is 1.27. The lowest BCUT2D eigenvalue weighted by molar-refractivity contribution is 0.289. The minimum Gasteiger partial charge on any atom is -0.311 e. The molecule has 14 heavy (non-hydrogen) atoms. The summed E-state index contributed by atoms with van der Waals surface area (Å²) >= 11 is 0. The topological polar surface area (TPSA) is 49.4 Å². The molecule has 0 aromatic rings. The second-order valence-electron chi connectivity index (χ2n) is 4.38. The lowest BCUT2D eigenvalue weighted by atomic mass is 10.1. The Balaban J connectivity index is 1.79. The van der Waals surface area contributed by atoms with Crippen molar-refractivity contribution in [1.29, 1.82) is 0 Å². The monoisotopic (exact) mass is 218 g/mol. The molecule has 0 spiro atoms. The van der Waals surface area contributed by atoms with E-state index in [0.717, 1.165) is 18.9 Å². The van der Waals surface area contributed by atoms with Crippen LogP contribution in [-0.2, 0) is 10.0 Å². The van der Waals surface area contributed by atoms with E-state index < -0.39 is 10.0 Å². The summed E-state index contributed by atoms with van der Waals surface area (Å²) in [7, 11) is -2.96. The number of rotatable bonds is 3. The Morgan fingerprint density at radius 1 is 1.07 bits per heavy atom. The minimum absolute atomic E-state index is 0.542. The van der Waals surface area contributed by atoms with Crippen LogP contribution < -0.4 is 5.32 Å². The van der Waals surface area contributed by atoms with Gasteiger partial charge in [-0.25, -0.2) is 12.7 Å². The maximum absolute atomic E-state index is 11.2. The fourth-order valence-electron chi connectivity index (χ4n) is 1.94. The molecule has 82 valence electrons. The maximum atomic E-state index is 11.2. The quantitative estimate of drug-likeness (QED) is 0.734. The Hall–Kier alpha value is -0.130. The van der Waals surface area contributed by atoms with Crippen LogP contribution in [0.25, 0.3) is 0 Å². The average molecular weight is 218 g/mol. The van der Waals surface area contributed by atoms with Crippen LogP contribution in [0.4, 0.5) is 0 Å². The van der Waals surface area contributed by atoms with E-state index in [1.165, 1.54) is 19.1 Å². The van der Waals surface area contributed by atoms with Crippen molar-refractivity contribution in [1.82, 2.24) is 9.62 Å². The Morgan fingerprint density at radius 3 is 2.00 bits per heavy atom. The van der Waals surface area contributed by atoms with Gasteiger partial charge in [-0.05, 0) is 25.7 Å². The van der Waals surface area contributed by atoms with Crippen molar-refractivity contribution >= 4 is 10.0 Å². The number of sulfonamides is 1. The first-order valence-corrected chi connectivity index (χ1v) is 7.12. The molecule has 5 heteroatoms. The minimum atomic E-state index is -2.96. The van der Waals surface area contributed by atoms with Gasteiger partial charge in [0, 0.05) is 25.2 Å². The first kappa shape index (κ1) is 10.4. The van der Waals surface area contributed by atoms with E-state index in [0.29, 0.717) is 19.1 Å². The molecule has 0 aromatic heterocycles. The highest BCUT2D eigenvalue weighted by atomic mass is 32.2. The number of hydrogen-bond acceptors (Lipinski definition) is 3. The Kier molecular flexibility index (Phi) is 2.81. The van der Waals surface area contributed by atoms with E-state index in [4.69, 9.17) is 0 Å². The molecule has 0 atom stereocenters. The third-order valence-electron chi connectivity index (χ3n) is 2.97. The lowest BCUT2D eigenvalue weighted by Gasteiger charge is -2.30. The molecule has 0 aromatic carbocycles. The largest absolute Gasteiger partial charge is 0.311 e. The van der Waals surface area contributed by atoms with E-state index in [9.17, 15) is 8.42 Å². The van der Waals surface area contributed by atoms with Gasteiger partial charge < -0.3 is 5.32 Å². The molecule has 2 aliphatic rings. The van der Waals surface area contributed by atoms with Crippen molar-refractivity contribution in [2.45, 2.75) is 37.8 Å². The van der Waals surface area contributed by atoms with Gasteiger partial charge >= 0.3 is 0 Å². The fourth-order valence-corrected chi connectivity index (χ4v) is 2.81. The van der Waals surface area contributed by atoms with Crippen LogP contribution in [0.3, 0.4) is 0 Å². The molecule has 0 unspecified atom stereocenters. The maximum Gasteiger partial charge on any atom is 0.211 e. The van der Waals surface area contributed by atoms with Crippen molar-refractivity contribution < 1.29 is 8.42 Å². The van der Waals surface area contributed by atoms with E-state index in [-0.39, 0.29) is 0 Å². The molecule has 0 bridgehead atoms. The summed E-state index contributed by atoms with van der Waals surface area (Å²) in [6.07, 6.45) is 5.81. The number of nitrogens with zero attached hydrogens (tertiary/aromatic N) is 1. The summed E-state index contributed by atoms with van der Waals surface area (Å²) in [5, 5.41) is 3.54. The normalized spacial score (nSPS) is 26.6. The third-order valence-corrected chi connectivity index (χ3v) is 4.27. The molecule has 1 N–H and O–H groups in total. The smallest absolute Gasteiger partial charge is 0.211 e. The van der Waals surface area contributed by atoms with Crippen LogP contribution >= 0.6 is 0 Å². The highest BCUT2D eigenvalue weighted by Gasteiger charge is 2.29. The SMILES string of the molecule is CS(=O)(=O)N1CCC(NC2CC2)CC1. The highest BCUT2D eigenvalue weighted by molar-refractivity contribution is 7.88. The summed E-state index contributed by atoms with van der Waals surface area (Å²) in [5.41, 5.74) is 0. The van der Waals surface area contributed by atoms with E-state index >= 15 is 0 Å². The standard InChI is InChI=1S/C9H18N2O2S/c1-14(12,13)11-6-4-9(5-7-11)10-8-2-3-8/h8-10H,2-7H2,1H3. The summed E-state index contributed by atoms with van der Waals surface area (Å²) in [4.78, 5) is 0. The van der Waals surface area contributed by atoms with Gasteiger partial charge in [-0.2, -0.15) is 0 Å². The molecule has 1 aliphatic heterocycles. The first-order valence-electron chi connectivity index (χ1n) is 5.27. The second-order valence-corrected chi connectivity index (χ2v) is 6.36. The van der Waals surface area contributed by atoms with E-state index in [1.54, 1.807) is 4.31 Å². The van der Waals surface area contributed by atoms with Crippen molar-refractivity contribution in [2.75, 3.05) is 19.3 Å². The fraction of sp³-hybridized carbons (Fsp3) is 1.00. The van der Waals surface area contributed by atoms with Crippen molar-refractivity contribution in [3.8, 4) is 0 Å². The molecule has 4 nitrogen and oxygen atoms in total. The molecule has 0 radical (unpaired) electrons. The second kappa shape index (κ2) is 3.79. The molecule has 1 heterocycles. The molecular weight excluding hydrogens is 200 g/mol. The van der Waals surface area contributed by atoms with E-state index in [1.807, 2.05) is 0 Å². The summed E-state index contributed by atoms with van der Waals surface area (Å²) in [6.45, 7) is 1.37. The van der Waals surface area contributed by atoms with Crippen molar-refractivity contribution in [3.63, 3.8) is 0 Å². The molecular formula is C9H18N2O2S. The van der Waals surface area contributed by atoms with Crippen LogP contribution in [0.1, 0.15) is 25.7 Å². The van der Waals surface area contributed by atoms with Crippen LogP contribution in [0.2, 0.25) is 0 Å². The van der Waals surface area contributed by atoms with Gasteiger partial charge in [0.1, 0.15) is 0 Å². The molecule has 2 rings (SSSR count). The highest BCUT2D eigenvalue weighted by Crippen LogP contribution is 2.22. The zero-order valence-electron chi connectivity index (χ0n) is 8.57. The van der Waals surface area contributed by atoms with E-state index in [2.05, 4.69) is 5.32 Å². The van der Waals surface area contributed by atoms with Gasteiger partial charge in [0.25, 0.3) is 0 Å². The van der Waals surface area contributed by atoms with Crippen LogP contribution in [0.15, 0.2) is 0 Å². The summed E-state index contributed by atoms with van der Waals surface area (Å²) in [5.74, 6) is 0. The lowest BCUT2D eigenvalue weighted by Crippen LogP contribution is -2.45. The van der Waals surface area contributed by atoms with Crippen molar-refractivity contribution in [2.24, 2.45) is 0 Å². The van der Waals surface area contributed by atoms with Crippen molar-refractivity contribution in [3.05, 3.63) is 0 Å². The molecule has 2 fully saturated rings. The van der Waals surface area contributed by atoms with Crippen LogP contribution in [0.5, 0.6) is 0 Å². The summed E-state index contributed by atoms with van der Waals surface area (Å²) < 4.78 is 24.0. The van der Waals surface area contributed by atoms with Gasteiger partial charge in [0.15, 0.2) is 0 Å². The Morgan fingerprint density at radius 2 is 1.57 bits per heavy atom. The number of piperidine rings is 1. The van der Waals surface area contributed by atoms with Gasteiger partial charge in [-0.3, -0.25) is 0 Å². The Labute approximate surface area is 85.7 Å². The van der Waals surface area contributed by atoms with Gasteiger partial charge in [-0.1, -0.05) is 0 Å². The third kappa shape index (κ3) is 2.68. The first-order chi connectivity index (χ1) is 6.55. The Bertz CT molecular complexity index is 290. The predicted octanol–water partition coefficient (Wildman–Crippen LogP) is 0.162. The average Bonchev–Trinajstić information content (AvgIpc) is 2.88. The van der Waals surface area contributed by atoms with Crippen LogP contribution in [-0.4, -0.2) is 44.2 Å². The molecule has 1 saturated heterocycles. The molecule has 0 amide bonds. The van der Waals surface area contributed by atoms with Gasteiger partial charge in [-0.15, -0.1) is 0 Å².